The highest BCUT2D eigenvalue weighted by atomic mass is 16.5. The van der Waals surface area contributed by atoms with Crippen LogP contribution in [0.1, 0.15) is 50.7 Å². The number of rotatable bonds is 13. The lowest BCUT2D eigenvalue weighted by molar-refractivity contribution is -0.148. The molecule has 0 aromatic carbocycles. The van der Waals surface area contributed by atoms with Gasteiger partial charge in [-0.05, 0) is 75.3 Å². The van der Waals surface area contributed by atoms with E-state index < -0.39 is 11.4 Å². The number of ether oxygens (including phenoxy) is 3. The molecule has 5 fully saturated rings. The number of nitrogens with zero attached hydrogens (tertiary/aromatic N) is 8. The Morgan fingerprint density at radius 3 is 2.62 bits per heavy atom. The molecular formula is C39H46N8O5. The van der Waals surface area contributed by atoms with E-state index in [0.29, 0.717) is 49.0 Å². The maximum Gasteiger partial charge on any atom is 0.310 e. The number of carbonyl (C=O) groups is 1. The van der Waals surface area contributed by atoms with Gasteiger partial charge in [0, 0.05) is 74.4 Å². The van der Waals surface area contributed by atoms with Crippen molar-refractivity contribution in [3.05, 3.63) is 66.2 Å². The summed E-state index contributed by atoms with van der Waals surface area (Å²) in [6.07, 6.45) is 11.7. The maximum atomic E-state index is 11.6. The first kappa shape index (κ1) is 34.3. The number of piperazine rings is 1. The lowest BCUT2D eigenvalue weighted by Crippen LogP contribution is -2.68. The molecule has 1 spiro atoms. The zero-order valence-electron chi connectivity index (χ0n) is 30.1. The van der Waals surface area contributed by atoms with Gasteiger partial charge in [-0.25, -0.2) is 14.5 Å². The molecule has 13 nitrogen and oxygen atoms in total. The van der Waals surface area contributed by atoms with E-state index in [4.69, 9.17) is 19.2 Å². The molecule has 2 atom stereocenters. The molecule has 9 rings (SSSR count). The Morgan fingerprint density at radius 2 is 1.92 bits per heavy atom. The van der Waals surface area contributed by atoms with E-state index >= 15 is 0 Å². The zero-order valence-corrected chi connectivity index (χ0v) is 30.1. The van der Waals surface area contributed by atoms with Crippen molar-refractivity contribution in [3.63, 3.8) is 0 Å². The lowest BCUT2D eigenvalue weighted by Gasteiger charge is -2.56. The van der Waals surface area contributed by atoms with Crippen LogP contribution >= 0.6 is 0 Å². The van der Waals surface area contributed by atoms with E-state index in [1.165, 1.54) is 12.0 Å². The molecule has 2 bridgehead atoms. The van der Waals surface area contributed by atoms with Gasteiger partial charge in [0.2, 0.25) is 5.88 Å². The van der Waals surface area contributed by atoms with Crippen LogP contribution in [0.2, 0.25) is 0 Å². The number of fused-ring (bicyclic) bond motifs is 3. The fraction of sp³-hybridized carbons (Fsp3) is 0.513. The predicted molar refractivity (Wildman–Crippen MR) is 193 cm³/mol. The molecule has 1 saturated carbocycles. The normalized spacial score (nSPS) is 24.4. The number of methoxy groups -OCH3 is 1. The van der Waals surface area contributed by atoms with E-state index in [1.54, 1.807) is 37.9 Å². The van der Waals surface area contributed by atoms with Gasteiger partial charge in [-0.3, -0.25) is 9.69 Å². The summed E-state index contributed by atoms with van der Waals surface area (Å²) in [6, 6.07) is 13.3. The summed E-state index contributed by atoms with van der Waals surface area (Å²) in [6.45, 7) is 9.64. The van der Waals surface area contributed by atoms with Crippen molar-refractivity contribution in [2.45, 2.75) is 64.3 Å². The smallest absolute Gasteiger partial charge is 0.310 e. The first-order valence-electron chi connectivity index (χ1n) is 18.2. The van der Waals surface area contributed by atoms with Gasteiger partial charge in [-0.15, -0.1) is 0 Å². The van der Waals surface area contributed by atoms with E-state index in [1.807, 2.05) is 24.5 Å². The zero-order chi connectivity index (χ0) is 36.0. The fourth-order valence-electron chi connectivity index (χ4n) is 8.70. The van der Waals surface area contributed by atoms with Crippen LogP contribution in [0.4, 0.5) is 5.82 Å². The average molecular weight is 707 g/mol. The van der Waals surface area contributed by atoms with Crippen molar-refractivity contribution in [2.24, 2.45) is 10.8 Å². The van der Waals surface area contributed by atoms with Crippen molar-refractivity contribution in [1.29, 1.82) is 5.26 Å². The second-order valence-corrected chi connectivity index (χ2v) is 15.7. The Balaban J connectivity index is 0.862. The van der Waals surface area contributed by atoms with E-state index in [0.717, 1.165) is 74.4 Å². The number of pyridine rings is 3. The molecule has 2 unspecified atom stereocenters. The summed E-state index contributed by atoms with van der Waals surface area (Å²) >= 11 is 0. The van der Waals surface area contributed by atoms with Crippen LogP contribution in [0.15, 0.2) is 55.1 Å². The van der Waals surface area contributed by atoms with Crippen molar-refractivity contribution in [3.8, 4) is 28.8 Å². The average Bonchev–Trinajstić information content (AvgIpc) is 3.76. The lowest BCUT2D eigenvalue weighted by atomic mass is 9.66. The summed E-state index contributed by atoms with van der Waals surface area (Å²) in [5.41, 5.74) is 3.63. The standard InChI is InChI=1S/C39H46N8O5/c1-38(2,37(48)49)24-44-9-8-39(25-44)14-32(15-39)52-11-10-51-31-13-33(36-28(16-40)19-43-47(36)23-31)27-5-6-34(41-18-27)45-21-29-12-30(22-45)46(29)20-26-4-7-35(50-3)42-17-26/h4-7,13,17-19,23,29-30,32H,8-12,14-15,20-22,24-25H2,1-3H3,(H,48,49). The van der Waals surface area contributed by atoms with Gasteiger partial charge in [0.25, 0.3) is 0 Å². The minimum absolute atomic E-state index is 0.197. The summed E-state index contributed by atoms with van der Waals surface area (Å²) in [5.74, 6) is 1.47. The molecule has 8 heterocycles. The van der Waals surface area contributed by atoms with Crippen LogP contribution in [0, 0.1) is 22.2 Å². The van der Waals surface area contributed by atoms with Gasteiger partial charge in [-0.1, -0.05) is 6.07 Å². The third-order valence-corrected chi connectivity index (χ3v) is 11.5. The Kier molecular flexibility index (Phi) is 9.01. The van der Waals surface area contributed by atoms with Crippen molar-refractivity contribution in [2.75, 3.05) is 57.9 Å². The van der Waals surface area contributed by atoms with Crippen LogP contribution in [0.25, 0.3) is 16.6 Å². The Morgan fingerprint density at radius 1 is 1.10 bits per heavy atom. The van der Waals surface area contributed by atoms with Gasteiger partial charge in [-0.2, -0.15) is 10.4 Å². The Hall–Kier alpha value is -4.77. The topological polar surface area (TPSA) is 142 Å². The first-order chi connectivity index (χ1) is 25.1. The molecule has 4 saturated heterocycles. The van der Waals surface area contributed by atoms with Crippen LogP contribution in [0.5, 0.6) is 11.6 Å². The largest absolute Gasteiger partial charge is 0.490 e. The molecule has 272 valence electrons. The summed E-state index contributed by atoms with van der Waals surface area (Å²) in [7, 11) is 1.63. The molecule has 4 aromatic heterocycles. The molecule has 0 radical (unpaired) electrons. The molecule has 1 aliphatic carbocycles. The van der Waals surface area contributed by atoms with Gasteiger partial charge in [0.1, 0.15) is 24.2 Å². The van der Waals surface area contributed by atoms with E-state index in [9.17, 15) is 15.2 Å². The third kappa shape index (κ3) is 6.66. The fourth-order valence-corrected chi connectivity index (χ4v) is 8.70. The van der Waals surface area contributed by atoms with Crippen LogP contribution < -0.4 is 14.4 Å². The monoisotopic (exact) mass is 706 g/mol. The number of nitriles is 1. The Labute approximate surface area is 303 Å². The minimum atomic E-state index is -0.751. The number of anilines is 1. The summed E-state index contributed by atoms with van der Waals surface area (Å²) < 4.78 is 19.3. The number of piperidine rings is 1. The number of carboxylic acids is 1. The summed E-state index contributed by atoms with van der Waals surface area (Å²) in [5, 5.41) is 23.8. The third-order valence-electron chi connectivity index (χ3n) is 11.5. The van der Waals surface area contributed by atoms with Gasteiger partial charge in [0.15, 0.2) is 0 Å². The predicted octanol–water partition coefficient (Wildman–Crippen LogP) is 4.50. The maximum absolute atomic E-state index is 11.6. The van der Waals surface area contributed by atoms with Crippen molar-refractivity contribution >= 4 is 17.3 Å². The SMILES string of the molecule is COc1ccc(CN2C3CC2CN(c2ccc(-c4cc(OCCOC5CC6(CCN(CC(C)(C)C(=O)O)C6)C5)cn5ncc(C#N)c45)cn2)C3)cn1. The Bertz CT molecular complexity index is 1960. The number of aliphatic carboxylic acids is 1. The van der Waals surface area contributed by atoms with E-state index in [2.05, 4.69) is 49.1 Å². The number of aromatic nitrogens is 4. The van der Waals surface area contributed by atoms with E-state index in [-0.39, 0.29) is 11.5 Å². The highest BCUT2D eigenvalue weighted by Crippen LogP contribution is 2.50. The molecule has 5 aliphatic rings. The van der Waals surface area contributed by atoms with Gasteiger partial charge in [0.05, 0.1) is 48.7 Å². The van der Waals surface area contributed by atoms with Gasteiger partial charge < -0.3 is 29.1 Å². The first-order valence-corrected chi connectivity index (χ1v) is 18.2. The van der Waals surface area contributed by atoms with Crippen LogP contribution in [-0.2, 0) is 16.1 Å². The van der Waals surface area contributed by atoms with Crippen LogP contribution in [-0.4, -0.2) is 112 Å². The highest BCUT2D eigenvalue weighted by Gasteiger charge is 2.50. The number of likely N-dealkylation sites (tertiary alicyclic amines) is 1. The molecular weight excluding hydrogens is 660 g/mol. The number of hydrogen-bond donors (Lipinski definition) is 1. The number of carboxylic acid groups (broad SMARTS) is 1. The number of hydrogen-bond acceptors (Lipinski definition) is 11. The van der Waals surface area contributed by atoms with Gasteiger partial charge >= 0.3 is 5.97 Å². The second kappa shape index (κ2) is 13.7. The molecule has 52 heavy (non-hydrogen) atoms. The molecule has 4 aromatic rings. The summed E-state index contributed by atoms with van der Waals surface area (Å²) in [4.78, 5) is 28.1. The molecule has 4 aliphatic heterocycles. The molecule has 13 heteroatoms. The van der Waals surface area contributed by atoms with Crippen molar-refractivity contribution < 1.29 is 24.1 Å². The quantitative estimate of drug-likeness (QED) is 0.196. The highest BCUT2D eigenvalue weighted by molar-refractivity contribution is 5.85. The second-order valence-electron chi connectivity index (χ2n) is 15.7. The van der Waals surface area contributed by atoms with Crippen LogP contribution in [0.3, 0.4) is 0 Å². The minimum Gasteiger partial charge on any atom is -0.490 e. The van der Waals surface area contributed by atoms with Crippen molar-refractivity contribution in [1.82, 2.24) is 29.4 Å². The molecule has 1 N–H and O–H groups in total. The molecule has 0 amide bonds.